The molecular formula is C14H17NS. The van der Waals surface area contributed by atoms with Gasteiger partial charge in [0.15, 0.2) is 0 Å². The summed E-state index contributed by atoms with van der Waals surface area (Å²) in [5.74, 6) is 0. The Morgan fingerprint density at radius 1 is 1.06 bits per heavy atom. The molecule has 84 valence electrons. The van der Waals surface area contributed by atoms with Crippen LogP contribution in [0.4, 0.5) is 0 Å². The number of thiophene rings is 1. The smallest absolute Gasteiger partial charge is 0.0346 e. The fourth-order valence-corrected chi connectivity index (χ4v) is 2.98. The zero-order valence-electron chi connectivity index (χ0n) is 10.0. The molecule has 2 heterocycles. The van der Waals surface area contributed by atoms with E-state index in [-0.39, 0.29) is 0 Å². The van der Waals surface area contributed by atoms with E-state index in [0.717, 1.165) is 6.42 Å². The molecule has 0 N–H and O–H groups in total. The van der Waals surface area contributed by atoms with Crippen molar-refractivity contribution in [1.82, 2.24) is 4.98 Å². The number of hydrogen-bond donors (Lipinski definition) is 0. The van der Waals surface area contributed by atoms with Gasteiger partial charge < -0.3 is 0 Å². The maximum atomic E-state index is 4.04. The normalized spacial score (nSPS) is 11.7. The van der Waals surface area contributed by atoms with Gasteiger partial charge in [-0.05, 0) is 41.7 Å². The second-order valence-electron chi connectivity index (χ2n) is 5.24. The third-order valence-corrected chi connectivity index (χ3v) is 3.47. The van der Waals surface area contributed by atoms with E-state index in [1.54, 1.807) is 0 Å². The summed E-state index contributed by atoms with van der Waals surface area (Å²) >= 11 is 1.89. The van der Waals surface area contributed by atoms with Crippen LogP contribution in [0.3, 0.4) is 0 Å². The van der Waals surface area contributed by atoms with E-state index in [1.165, 1.54) is 15.3 Å². The Balaban J connectivity index is 2.21. The van der Waals surface area contributed by atoms with E-state index in [4.69, 9.17) is 0 Å². The molecule has 0 amide bonds. The van der Waals surface area contributed by atoms with Gasteiger partial charge in [-0.2, -0.15) is 0 Å². The molecule has 0 aliphatic carbocycles. The first kappa shape index (κ1) is 11.3. The Bertz CT molecular complexity index is 451. The van der Waals surface area contributed by atoms with Crippen molar-refractivity contribution in [1.29, 1.82) is 0 Å². The molecule has 0 aliphatic rings. The monoisotopic (exact) mass is 231 g/mol. The Labute approximate surface area is 101 Å². The molecule has 0 spiro atoms. The minimum Gasteiger partial charge on any atom is -0.265 e. The predicted molar refractivity (Wildman–Crippen MR) is 70.7 cm³/mol. The molecule has 2 aromatic rings. The van der Waals surface area contributed by atoms with Crippen LogP contribution in [0.25, 0.3) is 10.4 Å². The molecule has 2 rings (SSSR count). The van der Waals surface area contributed by atoms with Gasteiger partial charge in [-0.1, -0.05) is 20.8 Å². The van der Waals surface area contributed by atoms with Crippen LogP contribution in [-0.4, -0.2) is 4.98 Å². The highest BCUT2D eigenvalue weighted by Gasteiger charge is 2.13. The van der Waals surface area contributed by atoms with Crippen molar-refractivity contribution in [3.8, 4) is 10.4 Å². The van der Waals surface area contributed by atoms with E-state index in [0.29, 0.717) is 5.41 Å². The van der Waals surface area contributed by atoms with Crippen LogP contribution in [0.1, 0.15) is 25.6 Å². The molecule has 2 heteroatoms. The lowest BCUT2D eigenvalue weighted by atomic mass is 9.92. The topological polar surface area (TPSA) is 12.9 Å². The third kappa shape index (κ3) is 2.92. The standard InChI is InChI=1S/C14H17NS/c1-14(2,3)10-12-4-5-13(16-12)11-6-8-15-9-7-11/h4-9H,10H2,1-3H3. The van der Waals surface area contributed by atoms with Crippen molar-refractivity contribution in [2.45, 2.75) is 27.2 Å². The van der Waals surface area contributed by atoms with Crippen molar-refractivity contribution >= 4 is 11.3 Å². The summed E-state index contributed by atoms with van der Waals surface area (Å²) in [7, 11) is 0. The number of nitrogens with zero attached hydrogens (tertiary/aromatic N) is 1. The molecule has 0 unspecified atom stereocenters. The molecule has 0 aliphatic heterocycles. The van der Waals surface area contributed by atoms with Gasteiger partial charge in [0, 0.05) is 22.1 Å². The van der Waals surface area contributed by atoms with E-state index < -0.39 is 0 Å². The predicted octanol–water partition coefficient (Wildman–Crippen LogP) is 4.40. The van der Waals surface area contributed by atoms with Gasteiger partial charge >= 0.3 is 0 Å². The van der Waals surface area contributed by atoms with Crippen LogP contribution in [-0.2, 0) is 6.42 Å². The molecule has 0 atom stereocenters. The van der Waals surface area contributed by atoms with Crippen LogP contribution >= 0.6 is 11.3 Å². The number of rotatable bonds is 2. The van der Waals surface area contributed by atoms with Gasteiger partial charge in [-0.3, -0.25) is 4.98 Å². The zero-order chi connectivity index (χ0) is 11.6. The van der Waals surface area contributed by atoms with E-state index in [1.807, 2.05) is 23.7 Å². The lowest BCUT2D eigenvalue weighted by molar-refractivity contribution is 0.414. The minimum absolute atomic E-state index is 0.361. The molecule has 0 saturated heterocycles. The Morgan fingerprint density at radius 2 is 1.75 bits per heavy atom. The fourth-order valence-electron chi connectivity index (χ4n) is 1.67. The van der Waals surface area contributed by atoms with Gasteiger partial charge in [-0.25, -0.2) is 0 Å². The van der Waals surface area contributed by atoms with Gasteiger partial charge in [0.2, 0.25) is 0 Å². The lowest BCUT2D eigenvalue weighted by Crippen LogP contribution is -2.07. The van der Waals surface area contributed by atoms with Gasteiger partial charge in [-0.15, -0.1) is 11.3 Å². The van der Waals surface area contributed by atoms with Crippen LogP contribution < -0.4 is 0 Å². The first-order valence-electron chi connectivity index (χ1n) is 5.54. The van der Waals surface area contributed by atoms with Crippen LogP contribution in [0.2, 0.25) is 0 Å². The lowest BCUT2D eigenvalue weighted by Gasteiger charge is -2.16. The fraction of sp³-hybridized carbons (Fsp3) is 0.357. The van der Waals surface area contributed by atoms with Crippen molar-refractivity contribution in [2.24, 2.45) is 5.41 Å². The Hall–Kier alpha value is -1.15. The van der Waals surface area contributed by atoms with Gasteiger partial charge in [0.25, 0.3) is 0 Å². The van der Waals surface area contributed by atoms with E-state index >= 15 is 0 Å². The van der Waals surface area contributed by atoms with Crippen molar-refractivity contribution in [3.05, 3.63) is 41.5 Å². The molecule has 16 heavy (non-hydrogen) atoms. The third-order valence-electron chi connectivity index (χ3n) is 2.33. The average molecular weight is 231 g/mol. The molecule has 2 aromatic heterocycles. The van der Waals surface area contributed by atoms with E-state index in [9.17, 15) is 0 Å². The average Bonchev–Trinajstić information content (AvgIpc) is 2.65. The quantitative estimate of drug-likeness (QED) is 0.746. The molecule has 0 aromatic carbocycles. The number of hydrogen-bond acceptors (Lipinski definition) is 2. The maximum absolute atomic E-state index is 4.04. The van der Waals surface area contributed by atoms with Crippen LogP contribution in [0.15, 0.2) is 36.7 Å². The van der Waals surface area contributed by atoms with Gasteiger partial charge in [0.05, 0.1) is 0 Å². The molecule has 0 saturated carbocycles. The second-order valence-corrected chi connectivity index (χ2v) is 6.41. The van der Waals surface area contributed by atoms with Crippen molar-refractivity contribution in [2.75, 3.05) is 0 Å². The first-order valence-corrected chi connectivity index (χ1v) is 6.35. The number of pyridine rings is 1. The van der Waals surface area contributed by atoms with Crippen LogP contribution in [0.5, 0.6) is 0 Å². The molecular weight excluding hydrogens is 214 g/mol. The molecule has 0 fully saturated rings. The first-order chi connectivity index (χ1) is 7.54. The largest absolute Gasteiger partial charge is 0.265 e. The molecule has 1 nitrogen and oxygen atoms in total. The highest BCUT2D eigenvalue weighted by Crippen LogP contribution is 2.31. The summed E-state index contributed by atoms with van der Waals surface area (Å²) in [4.78, 5) is 6.83. The van der Waals surface area contributed by atoms with E-state index in [2.05, 4.69) is 50.0 Å². The summed E-state index contributed by atoms with van der Waals surface area (Å²) < 4.78 is 0. The summed E-state index contributed by atoms with van der Waals surface area (Å²) in [6.07, 6.45) is 4.83. The Morgan fingerprint density at radius 3 is 2.38 bits per heavy atom. The molecule has 0 bridgehead atoms. The highest BCUT2D eigenvalue weighted by atomic mass is 32.1. The van der Waals surface area contributed by atoms with Crippen molar-refractivity contribution < 1.29 is 0 Å². The summed E-state index contributed by atoms with van der Waals surface area (Å²) in [5.41, 5.74) is 1.63. The minimum atomic E-state index is 0.361. The zero-order valence-corrected chi connectivity index (χ0v) is 10.8. The van der Waals surface area contributed by atoms with Crippen molar-refractivity contribution in [3.63, 3.8) is 0 Å². The SMILES string of the molecule is CC(C)(C)Cc1ccc(-c2ccncc2)s1. The molecule has 0 radical (unpaired) electrons. The summed E-state index contributed by atoms with van der Waals surface area (Å²) in [6, 6.07) is 8.58. The van der Waals surface area contributed by atoms with Gasteiger partial charge in [0.1, 0.15) is 0 Å². The second kappa shape index (κ2) is 4.38. The highest BCUT2D eigenvalue weighted by molar-refractivity contribution is 7.15. The van der Waals surface area contributed by atoms with Crippen LogP contribution in [0, 0.1) is 5.41 Å². The number of aromatic nitrogens is 1. The Kier molecular flexibility index (Phi) is 3.10. The summed E-state index contributed by atoms with van der Waals surface area (Å²) in [6.45, 7) is 6.83. The maximum Gasteiger partial charge on any atom is 0.0346 e. The summed E-state index contributed by atoms with van der Waals surface area (Å²) in [5, 5.41) is 0.